The van der Waals surface area contributed by atoms with Crippen molar-refractivity contribution in [3.63, 3.8) is 0 Å². The standard InChI is InChI=1S/C14H13Cl2N3O3S/c1-3-21-11(20)7-22-10-5-4-9(6-8(10)2)23-14-18-12(15)17-13(16)19-14/h4-6H,3,7H2,1-2H3. The third-order valence-corrected chi connectivity index (χ3v) is 3.76. The maximum Gasteiger partial charge on any atom is 0.344 e. The molecule has 0 spiro atoms. The largest absolute Gasteiger partial charge is 0.482 e. The maximum atomic E-state index is 11.3. The van der Waals surface area contributed by atoms with Crippen molar-refractivity contribution < 1.29 is 14.3 Å². The van der Waals surface area contributed by atoms with E-state index in [1.165, 1.54) is 11.8 Å². The minimum Gasteiger partial charge on any atom is -0.482 e. The van der Waals surface area contributed by atoms with E-state index in [2.05, 4.69) is 15.0 Å². The molecule has 1 heterocycles. The molecule has 2 rings (SSSR count). The average Bonchev–Trinajstić information content (AvgIpc) is 2.45. The molecule has 23 heavy (non-hydrogen) atoms. The molecule has 0 unspecified atom stereocenters. The third-order valence-electron chi connectivity index (χ3n) is 2.57. The van der Waals surface area contributed by atoms with Gasteiger partial charge in [0.05, 0.1) is 6.61 Å². The minimum absolute atomic E-state index is 0.0404. The molecule has 0 amide bonds. The van der Waals surface area contributed by atoms with Crippen molar-refractivity contribution >= 4 is 40.9 Å². The summed E-state index contributed by atoms with van der Waals surface area (Å²) in [6.07, 6.45) is 0. The van der Waals surface area contributed by atoms with Crippen LogP contribution in [0.5, 0.6) is 5.75 Å². The fraction of sp³-hybridized carbons (Fsp3) is 0.286. The molecule has 6 nitrogen and oxygen atoms in total. The fourth-order valence-corrected chi connectivity index (χ4v) is 2.96. The lowest BCUT2D eigenvalue weighted by molar-refractivity contribution is -0.145. The number of rotatable bonds is 6. The lowest BCUT2D eigenvalue weighted by Gasteiger charge is -2.10. The van der Waals surface area contributed by atoms with Crippen molar-refractivity contribution in [3.8, 4) is 5.75 Å². The van der Waals surface area contributed by atoms with Gasteiger partial charge in [0.15, 0.2) is 11.8 Å². The molecule has 0 aliphatic carbocycles. The van der Waals surface area contributed by atoms with E-state index in [-0.39, 0.29) is 17.2 Å². The topological polar surface area (TPSA) is 74.2 Å². The Hall–Kier alpha value is -1.57. The van der Waals surface area contributed by atoms with Gasteiger partial charge in [-0.1, -0.05) is 0 Å². The van der Waals surface area contributed by atoms with Gasteiger partial charge in [-0.2, -0.15) is 15.0 Å². The van der Waals surface area contributed by atoms with Crippen LogP contribution in [0.4, 0.5) is 0 Å². The summed E-state index contributed by atoms with van der Waals surface area (Å²) < 4.78 is 10.2. The van der Waals surface area contributed by atoms with Gasteiger partial charge in [-0.3, -0.25) is 0 Å². The summed E-state index contributed by atoms with van der Waals surface area (Å²) in [6.45, 7) is 3.82. The molecule has 0 atom stereocenters. The third kappa shape index (κ3) is 5.53. The van der Waals surface area contributed by atoms with Crippen LogP contribution in [0.1, 0.15) is 12.5 Å². The first kappa shape index (κ1) is 17.8. The van der Waals surface area contributed by atoms with E-state index in [1.54, 1.807) is 13.0 Å². The van der Waals surface area contributed by atoms with E-state index in [9.17, 15) is 4.79 Å². The van der Waals surface area contributed by atoms with Crippen molar-refractivity contribution in [2.45, 2.75) is 23.9 Å². The summed E-state index contributed by atoms with van der Waals surface area (Å²) in [6, 6.07) is 5.47. The lowest BCUT2D eigenvalue weighted by Crippen LogP contribution is -2.14. The predicted molar refractivity (Wildman–Crippen MR) is 87.3 cm³/mol. The molecule has 122 valence electrons. The first-order valence-corrected chi connectivity index (χ1v) is 8.19. The van der Waals surface area contributed by atoms with E-state index in [1.807, 2.05) is 19.1 Å². The predicted octanol–water partition coefficient (Wildman–Crippen LogP) is 3.58. The first-order valence-electron chi connectivity index (χ1n) is 6.62. The Morgan fingerprint density at radius 2 is 1.91 bits per heavy atom. The van der Waals surface area contributed by atoms with Crippen LogP contribution in [-0.2, 0) is 9.53 Å². The second kappa shape index (κ2) is 8.33. The molecule has 1 aromatic heterocycles. The van der Waals surface area contributed by atoms with Gasteiger partial charge in [-0.05, 0) is 72.6 Å². The zero-order valence-corrected chi connectivity index (χ0v) is 14.7. The van der Waals surface area contributed by atoms with E-state index >= 15 is 0 Å². The normalized spacial score (nSPS) is 10.4. The highest BCUT2D eigenvalue weighted by molar-refractivity contribution is 7.99. The number of aryl methyl sites for hydroxylation is 1. The highest BCUT2D eigenvalue weighted by Crippen LogP contribution is 2.30. The second-order valence-electron chi connectivity index (χ2n) is 4.28. The molecule has 0 aliphatic rings. The quantitative estimate of drug-likeness (QED) is 0.716. The number of hydrogen-bond acceptors (Lipinski definition) is 7. The van der Waals surface area contributed by atoms with Crippen LogP contribution in [-0.4, -0.2) is 34.1 Å². The van der Waals surface area contributed by atoms with Crippen LogP contribution in [0.15, 0.2) is 28.3 Å². The number of esters is 1. The Labute approximate surface area is 147 Å². The average molecular weight is 374 g/mol. The zero-order chi connectivity index (χ0) is 16.8. The van der Waals surface area contributed by atoms with Gasteiger partial charge in [0.25, 0.3) is 0 Å². The van der Waals surface area contributed by atoms with Crippen LogP contribution in [0.25, 0.3) is 0 Å². The van der Waals surface area contributed by atoms with Gasteiger partial charge in [0.2, 0.25) is 10.6 Å². The Balaban J connectivity index is 2.05. The Bertz CT molecular complexity index is 695. The van der Waals surface area contributed by atoms with Gasteiger partial charge >= 0.3 is 5.97 Å². The fourth-order valence-electron chi connectivity index (χ4n) is 1.65. The number of nitrogens with zero attached hydrogens (tertiary/aromatic N) is 3. The number of hydrogen-bond donors (Lipinski definition) is 0. The molecular formula is C14H13Cl2N3O3S. The van der Waals surface area contributed by atoms with Crippen molar-refractivity contribution in [2.75, 3.05) is 13.2 Å². The van der Waals surface area contributed by atoms with Gasteiger partial charge in [0, 0.05) is 4.90 Å². The zero-order valence-electron chi connectivity index (χ0n) is 12.4. The highest BCUT2D eigenvalue weighted by Gasteiger charge is 2.09. The number of aromatic nitrogens is 3. The summed E-state index contributed by atoms with van der Waals surface area (Å²) in [4.78, 5) is 23.9. The minimum atomic E-state index is -0.403. The second-order valence-corrected chi connectivity index (χ2v) is 6.00. The molecule has 0 fully saturated rings. The van der Waals surface area contributed by atoms with Crippen molar-refractivity contribution in [3.05, 3.63) is 34.3 Å². The van der Waals surface area contributed by atoms with Crippen molar-refractivity contribution in [2.24, 2.45) is 0 Å². The van der Waals surface area contributed by atoms with E-state index in [0.29, 0.717) is 17.5 Å². The summed E-state index contributed by atoms with van der Waals surface area (Å²) in [5.41, 5.74) is 0.866. The molecule has 2 aromatic rings. The van der Waals surface area contributed by atoms with Gasteiger partial charge in [0.1, 0.15) is 5.75 Å². The summed E-state index contributed by atoms with van der Waals surface area (Å²) in [5.74, 6) is 0.203. The molecule has 0 N–H and O–H groups in total. The van der Waals surface area contributed by atoms with Gasteiger partial charge in [-0.25, -0.2) is 4.79 Å². The van der Waals surface area contributed by atoms with Crippen LogP contribution in [0.3, 0.4) is 0 Å². The molecule has 9 heteroatoms. The molecular weight excluding hydrogens is 361 g/mol. The van der Waals surface area contributed by atoms with Crippen molar-refractivity contribution in [1.29, 1.82) is 0 Å². The monoisotopic (exact) mass is 373 g/mol. The molecule has 0 saturated heterocycles. The molecule has 0 saturated carbocycles. The Morgan fingerprint density at radius 3 is 2.52 bits per heavy atom. The van der Waals surface area contributed by atoms with E-state index in [0.717, 1.165) is 10.5 Å². The summed E-state index contributed by atoms with van der Waals surface area (Å²) >= 11 is 12.8. The van der Waals surface area contributed by atoms with Gasteiger partial charge in [-0.15, -0.1) is 0 Å². The van der Waals surface area contributed by atoms with Gasteiger partial charge < -0.3 is 9.47 Å². The highest BCUT2D eigenvalue weighted by atomic mass is 35.5. The van der Waals surface area contributed by atoms with E-state index < -0.39 is 5.97 Å². The summed E-state index contributed by atoms with van der Waals surface area (Å²) in [5, 5.41) is 0.479. The Kier molecular flexibility index (Phi) is 6.44. The smallest absolute Gasteiger partial charge is 0.344 e. The Morgan fingerprint density at radius 1 is 1.22 bits per heavy atom. The first-order chi connectivity index (χ1) is 11.0. The van der Waals surface area contributed by atoms with E-state index in [4.69, 9.17) is 32.7 Å². The lowest BCUT2D eigenvalue weighted by atomic mass is 10.2. The molecule has 0 aliphatic heterocycles. The summed E-state index contributed by atoms with van der Waals surface area (Å²) in [7, 11) is 0. The number of ether oxygens (including phenoxy) is 2. The van der Waals surface area contributed by atoms with Crippen LogP contribution in [0.2, 0.25) is 10.6 Å². The number of halogens is 2. The van der Waals surface area contributed by atoms with Crippen LogP contribution in [0, 0.1) is 6.92 Å². The number of carbonyl (C=O) groups excluding carboxylic acids is 1. The molecule has 1 aromatic carbocycles. The maximum absolute atomic E-state index is 11.3. The SMILES string of the molecule is CCOC(=O)COc1ccc(Sc2nc(Cl)nc(Cl)n2)cc1C. The van der Waals surface area contributed by atoms with Crippen LogP contribution < -0.4 is 4.74 Å². The number of carbonyl (C=O) groups is 1. The number of benzene rings is 1. The molecule has 0 radical (unpaired) electrons. The molecule has 0 bridgehead atoms. The van der Waals surface area contributed by atoms with Crippen molar-refractivity contribution in [1.82, 2.24) is 15.0 Å². The van der Waals surface area contributed by atoms with Crippen LogP contribution >= 0.6 is 35.0 Å².